The van der Waals surface area contributed by atoms with Crippen LogP contribution in [-0.4, -0.2) is 15.8 Å². The Morgan fingerprint density at radius 3 is 2.52 bits per heavy atom. The van der Waals surface area contributed by atoms with Gasteiger partial charge in [-0.15, -0.1) is 0 Å². The van der Waals surface area contributed by atoms with Crippen molar-refractivity contribution >= 4 is 0 Å². The van der Waals surface area contributed by atoms with Gasteiger partial charge in [-0.05, 0) is 36.6 Å². The van der Waals surface area contributed by atoms with Crippen molar-refractivity contribution in [2.45, 2.75) is 53.1 Å². The van der Waals surface area contributed by atoms with Crippen molar-refractivity contribution in [3.8, 4) is 5.69 Å². The summed E-state index contributed by atoms with van der Waals surface area (Å²) in [5.74, 6) is -0.224. The molecule has 2 aromatic rings. The van der Waals surface area contributed by atoms with Crippen LogP contribution in [0.15, 0.2) is 24.3 Å². The lowest BCUT2D eigenvalue weighted by atomic mass is 10.2. The van der Waals surface area contributed by atoms with Crippen molar-refractivity contribution in [2.75, 3.05) is 0 Å². The summed E-state index contributed by atoms with van der Waals surface area (Å²) in [6, 6.07) is 7.81. The fourth-order valence-electron chi connectivity index (χ4n) is 2.26. The lowest BCUT2D eigenvalue weighted by molar-refractivity contribution is 0.577. The van der Waals surface area contributed by atoms with Crippen LogP contribution in [0.4, 0.5) is 4.39 Å². The monoisotopic (exact) mass is 289 g/mol. The van der Waals surface area contributed by atoms with Crippen molar-refractivity contribution in [3.05, 3.63) is 47.0 Å². The average molecular weight is 289 g/mol. The number of benzene rings is 1. The molecule has 0 saturated carbocycles. The molecule has 0 saturated heterocycles. The van der Waals surface area contributed by atoms with E-state index in [1.165, 1.54) is 0 Å². The van der Waals surface area contributed by atoms with Gasteiger partial charge in [-0.2, -0.15) is 5.10 Å². The predicted octanol–water partition coefficient (Wildman–Crippen LogP) is 3.63. The quantitative estimate of drug-likeness (QED) is 0.880. The molecule has 0 fully saturated rings. The highest BCUT2D eigenvalue weighted by Gasteiger charge is 2.12. The van der Waals surface area contributed by atoms with E-state index in [4.69, 9.17) is 0 Å². The maximum absolute atomic E-state index is 14.4. The zero-order valence-corrected chi connectivity index (χ0v) is 13.3. The highest BCUT2D eigenvalue weighted by atomic mass is 19.1. The van der Waals surface area contributed by atoms with Crippen molar-refractivity contribution in [1.82, 2.24) is 15.1 Å². The Morgan fingerprint density at radius 1 is 1.19 bits per heavy atom. The molecule has 114 valence electrons. The van der Waals surface area contributed by atoms with Gasteiger partial charge in [0.25, 0.3) is 0 Å². The van der Waals surface area contributed by atoms with Crippen LogP contribution in [0.5, 0.6) is 0 Å². The fourth-order valence-corrected chi connectivity index (χ4v) is 2.26. The molecular formula is C17H24FN3. The maximum Gasteiger partial charge on any atom is 0.149 e. The van der Waals surface area contributed by atoms with E-state index < -0.39 is 0 Å². The van der Waals surface area contributed by atoms with Gasteiger partial charge in [0, 0.05) is 18.3 Å². The molecule has 2 rings (SSSR count). The smallest absolute Gasteiger partial charge is 0.149 e. The second-order valence-electron chi connectivity index (χ2n) is 5.57. The first-order valence-corrected chi connectivity index (χ1v) is 7.65. The van der Waals surface area contributed by atoms with Crippen molar-refractivity contribution in [3.63, 3.8) is 0 Å². The van der Waals surface area contributed by atoms with E-state index >= 15 is 0 Å². The van der Waals surface area contributed by atoms with Crippen molar-refractivity contribution in [1.29, 1.82) is 0 Å². The fraction of sp³-hybridized carbons (Fsp3) is 0.471. The minimum atomic E-state index is -0.224. The number of hydrogen-bond donors (Lipinski definition) is 1. The Hall–Kier alpha value is -1.68. The summed E-state index contributed by atoms with van der Waals surface area (Å²) in [6.45, 7) is 8.95. The van der Waals surface area contributed by atoms with Crippen molar-refractivity contribution in [2.24, 2.45) is 0 Å². The Labute approximate surface area is 126 Å². The molecule has 0 aliphatic carbocycles. The first kappa shape index (κ1) is 15.7. The van der Waals surface area contributed by atoms with Crippen LogP contribution in [0.25, 0.3) is 5.69 Å². The van der Waals surface area contributed by atoms with Gasteiger partial charge >= 0.3 is 0 Å². The SMILES string of the molecule is CCc1cc(CC)n(-c2ccc(CNC(C)C)cc2F)n1. The van der Waals surface area contributed by atoms with Crippen LogP contribution in [0.3, 0.4) is 0 Å². The molecular weight excluding hydrogens is 265 g/mol. The summed E-state index contributed by atoms with van der Waals surface area (Å²) in [5.41, 5.74) is 3.52. The van der Waals surface area contributed by atoms with Crippen LogP contribution >= 0.6 is 0 Å². The number of nitrogens with one attached hydrogen (secondary N) is 1. The normalized spacial score (nSPS) is 11.3. The summed E-state index contributed by atoms with van der Waals surface area (Å²) in [6.07, 6.45) is 1.70. The molecule has 1 aromatic carbocycles. The standard InChI is InChI=1S/C17H24FN3/c1-5-14-10-15(6-2)21(20-14)17-8-7-13(9-16(17)18)11-19-12(3)4/h7-10,12,19H,5-6,11H2,1-4H3. The van der Waals surface area contributed by atoms with E-state index in [0.717, 1.165) is 29.8 Å². The minimum absolute atomic E-state index is 0.224. The zero-order valence-electron chi connectivity index (χ0n) is 13.3. The van der Waals surface area contributed by atoms with E-state index in [0.29, 0.717) is 18.3 Å². The Morgan fingerprint density at radius 2 is 1.95 bits per heavy atom. The minimum Gasteiger partial charge on any atom is -0.310 e. The summed E-state index contributed by atoms with van der Waals surface area (Å²) in [4.78, 5) is 0. The molecule has 0 aliphatic rings. The molecule has 0 unspecified atom stereocenters. The molecule has 0 atom stereocenters. The highest BCUT2D eigenvalue weighted by molar-refractivity contribution is 5.38. The van der Waals surface area contributed by atoms with Gasteiger partial charge in [0.15, 0.2) is 0 Å². The Kier molecular flexibility index (Phi) is 5.12. The highest BCUT2D eigenvalue weighted by Crippen LogP contribution is 2.18. The Balaban J connectivity index is 2.30. The molecule has 0 aliphatic heterocycles. The van der Waals surface area contributed by atoms with Gasteiger partial charge in [-0.25, -0.2) is 9.07 Å². The molecule has 0 bridgehead atoms. The largest absolute Gasteiger partial charge is 0.310 e. The van der Waals surface area contributed by atoms with E-state index in [2.05, 4.69) is 38.1 Å². The number of aromatic nitrogens is 2. The average Bonchev–Trinajstić information content (AvgIpc) is 2.88. The molecule has 3 nitrogen and oxygen atoms in total. The number of rotatable bonds is 6. The lowest BCUT2D eigenvalue weighted by Gasteiger charge is -2.11. The van der Waals surface area contributed by atoms with Gasteiger partial charge in [0.2, 0.25) is 0 Å². The van der Waals surface area contributed by atoms with Gasteiger partial charge in [-0.3, -0.25) is 0 Å². The van der Waals surface area contributed by atoms with Crippen LogP contribution in [-0.2, 0) is 19.4 Å². The molecule has 1 N–H and O–H groups in total. The summed E-state index contributed by atoms with van der Waals surface area (Å²) >= 11 is 0. The zero-order chi connectivity index (χ0) is 15.4. The van der Waals surface area contributed by atoms with Crippen LogP contribution in [0, 0.1) is 5.82 Å². The number of aryl methyl sites for hydroxylation is 2. The first-order chi connectivity index (χ1) is 10.0. The van der Waals surface area contributed by atoms with Gasteiger partial charge < -0.3 is 5.32 Å². The summed E-state index contributed by atoms with van der Waals surface area (Å²) in [7, 11) is 0. The molecule has 1 heterocycles. The van der Waals surface area contributed by atoms with E-state index in [1.54, 1.807) is 10.7 Å². The lowest BCUT2D eigenvalue weighted by Crippen LogP contribution is -2.21. The van der Waals surface area contributed by atoms with Crippen LogP contribution in [0.2, 0.25) is 0 Å². The maximum atomic E-state index is 14.4. The predicted molar refractivity (Wildman–Crippen MR) is 84.3 cm³/mol. The molecule has 0 amide bonds. The second kappa shape index (κ2) is 6.85. The van der Waals surface area contributed by atoms with E-state index in [1.807, 2.05) is 18.2 Å². The number of halogens is 1. The molecule has 21 heavy (non-hydrogen) atoms. The van der Waals surface area contributed by atoms with Gasteiger partial charge in [0.05, 0.1) is 5.69 Å². The Bertz CT molecular complexity index is 602. The van der Waals surface area contributed by atoms with Gasteiger partial charge in [0.1, 0.15) is 11.5 Å². The van der Waals surface area contributed by atoms with E-state index in [-0.39, 0.29) is 5.82 Å². The van der Waals surface area contributed by atoms with Crippen LogP contribution in [0.1, 0.15) is 44.6 Å². The third-order valence-corrected chi connectivity index (χ3v) is 3.51. The van der Waals surface area contributed by atoms with Gasteiger partial charge in [-0.1, -0.05) is 33.8 Å². The number of nitrogens with zero attached hydrogens (tertiary/aromatic N) is 2. The molecule has 4 heteroatoms. The third kappa shape index (κ3) is 3.70. The molecule has 1 aromatic heterocycles. The topological polar surface area (TPSA) is 29.9 Å². The molecule has 0 spiro atoms. The van der Waals surface area contributed by atoms with Crippen LogP contribution < -0.4 is 5.32 Å². The number of hydrogen-bond acceptors (Lipinski definition) is 2. The molecule has 0 radical (unpaired) electrons. The van der Waals surface area contributed by atoms with E-state index in [9.17, 15) is 4.39 Å². The summed E-state index contributed by atoms with van der Waals surface area (Å²) in [5, 5.41) is 7.79. The third-order valence-electron chi connectivity index (χ3n) is 3.51. The first-order valence-electron chi connectivity index (χ1n) is 7.65. The summed E-state index contributed by atoms with van der Waals surface area (Å²) < 4.78 is 16.1. The van der Waals surface area contributed by atoms with Crippen molar-refractivity contribution < 1.29 is 4.39 Å². The second-order valence-corrected chi connectivity index (χ2v) is 5.57.